The van der Waals surface area contributed by atoms with Crippen LogP contribution in [0.2, 0.25) is 0 Å². The van der Waals surface area contributed by atoms with E-state index in [9.17, 15) is 8.42 Å². The second kappa shape index (κ2) is 6.83. The van der Waals surface area contributed by atoms with Gasteiger partial charge in [-0.05, 0) is 20.4 Å². The van der Waals surface area contributed by atoms with Crippen molar-refractivity contribution in [2.24, 2.45) is 0 Å². The van der Waals surface area contributed by atoms with Crippen LogP contribution in [0.15, 0.2) is 17.3 Å². The maximum atomic E-state index is 12.3. The first-order valence-electron chi connectivity index (χ1n) is 6.71. The fraction of sp³-hybridized carbons (Fsp3) is 0.500. The molecule has 2 aromatic rings. The highest BCUT2D eigenvalue weighted by Crippen LogP contribution is 2.17. The zero-order valence-corrected chi connectivity index (χ0v) is 12.9. The molecule has 0 saturated heterocycles. The van der Waals surface area contributed by atoms with Gasteiger partial charge < -0.3 is 10.3 Å². The minimum Gasteiger partial charge on any atom is -0.349 e. The summed E-state index contributed by atoms with van der Waals surface area (Å²) in [5.74, 6) is 0.851. The van der Waals surface area contributed by atoms with Gasteiger partial charge in [0.05, 0.1) is 11.4 Å². The molecular weight excluding hydrogens is 292 g/mol. The van der Waals surface area contributed by atoms with E-state index < -0.39 is 10.0 Å². The molecule has 116 valence electrons. The van der Waals surface area contributed by atoms with E-state index >= 15 is 0 Å². The highest BCUT2D eigenvalue weighted by Gasteiger charge is 2.23. The van der Waals surface area contributed by atoms with Gasteiger partial charge in [0.1, 0.15) is 10.7 Å². The zero-order chi connectivity index (χ0) is 15.3. The smallest absolute Gasteiger partial charge is 0.244 e. The van der Waals surface area contributed by atoms with Gasteiger partial charge in [-0.25, -0.2) is 18.1 Å². The number of aromatic amines is 2. The van der Waals surface area contributed by atoms with Gasteiger partial charge in [0, 0.05) is 31.9 Å². The van der Waals surface area contributed by atoms with Gasteiger partial charge >= 0.3 is 0 Å². The maximum absolute atomic E-state index is 12.3. The number of aromatic nitrogens is 4. The Labute approximate surface area is 123 Å². The van der Waals surface area contributed by atoms with Crippen molar-refractivity contribution in [1.82, 2.24) is 30.2 Å². The van der Waals surface area contributed by atoms with E-state index in [4.69, 9.17) is 0 Å². The quantitative estimate of drug-likeness (QED) is 0.515. The summed E-state index contributed by atoms with van der Waals surface area (Å²) in [6.45, 7) is 2.45. The lowest BCUT2D eigenvalue weighted by atomic mass is 10.3. The molecule has 0 radical (unpaired) electrons. The van der Waals surface area contributed by atoms with Gasteiger partial charge in [-0.15, -0.1) is 0 Å². The van der Waals surface area contributed by atoms with Gasteiger partial charge in [-0.1, -0.05) is 0 Å². The molecule has 2 aromatic heterocycles. The van der Waals surface area contributed by atoms with Crippen LogP contribution in [-0.2, 0) is 23.0 Å². The van der Waals surface area contributed by atoms with E-state index in [-0.39, 0.29) is 4.90 Å². The Kier molecular flexibility index (Phi) is 5.10. The molecular formula is C12H20N6O2S. The molecule has 0 unspecified atom stereocenters. The van der Waals surface area contributed by atoms with Crippen molar-refractivity contribution in [2.75, 3.05) is 13.6 Å². The summed E-state index contributed by atoms with van der Waals surface area (Å²) in [4.78, 5) is 7.31. The fourth-order valence-corrected chi connectivity index (χ4v) is 3.52. The second-order valence-electron chi connectivity index (χ2n) is 4.69. The minimum absolute atomic E-state index is 0.231. The van der Waals surface area contributed by atoms with E-state index in [1.165, 1.54) is 0 Å². The highest BCUT2D eigenvalue weighted by atomic mass is 32.2. The Morgan fingerprint density at radius 3 is 2.86 bits per heavy atom. The van der Waals surface area contributed by atoms with Crippen LogP contribution in [0.25, 0.3) is 0 Å². The van der Waals surface area contributed by atoms with Crippen LogP contribution in [0, 0.1) is 6.92 Å². The molecule has 8 nitrogen and oxygen atoms in total. The molecule has 2 heterocycles. The molecule has 0 bridgehead atoms. The number of sulfonamides is 1. The lowest BCUT2D eigenvalue weighted by Gasteiger charge is -2.07. The van der Waals surface area contributed by atoms with Gasteiger partial charge in [-0.2, -0.15) is 5.10 Å². The average Bonchev–Trinajstić information content (AvgIpc) is 3.05. The van der Waals surface area contributed by atoms with Crippen molar-refractivity contribution in [3.63, 3.8) is 0 Å². The van der Waals surface area contributed by atoms with E-state index in [1.807, 2.05) is 0 Å². The Hall–Kier alpha value is -1.71. The van der Waals surface area contributed by atoms with Crippen molar-refractivity contribution < 1.29 is 8.42 Å². The van der Waals surface area contributed by atoms with Crippen molar-refractivity contribution in [1.29, 1.82) is 0 Å². The largest absolute Gasteiger partial charge is 0.349 e. The number of H-pyrrole nitrogens is 2. The first-order valence-corrected chi connectivity index (χ1v) is 8.19. The maximum Gasteiger partial charge on any atom is 0.244 e. The molecule has 0 spiro atoms. The predicted octanol–water partition coefficient (Wildman–Crippen LogP) is 0.0717. The monoisotopic (exact) mass is 312 g/mol. The number of hydrogen-bond donors (Lipinski definition) is 4. The first-order chi connectivity index (χ1) is 10.0. The molecule has 21 heavy (non-hydrogen) atoms. The minimum atomic E-state index is -3.56. The molecule has 0 aliphatic carbocycles. The zero-order valence-electron chi connectivity index (χ0n) is 12.1. The second-order valence-corrected chi connectivity index (χ2v) is 6.40. The van der Waals surface area contributed by atoms with Crippen molar-refractivity contribution in [3.8, 4) is 0 Å². The molecule has 0 amide bonds. The summed E-state index contributed by atoms with van der Waals surface area (Å²) < 4.78 is 27.3. The van der Waals surface area contributed by atoms with Crippen molar-refractivity contribution in [3.05, 3.63) is 29.6 Å². The number of hydrogen-bond acceptors (Lipinski definition) is 5. The topological polar surface area (TPSA) is 116 Å². The van der Waals surface area contributed by atoms with E-state index in [1.54, 1.807) is 26.4 Å². The third kappa shape index (κ3) is 3.90. The summed E-state index contributed by atoms with van der Waals surface area (Å²) in [7, 11) is -1.81. The summed E-state index contributed by atoms with van der Waals surface area (Å²) in [5.41, 5.74) is 1.03. The SMILES string of the molecule is CNCc1n[nH]c(C)c1S(=O)(=O)NCCCc1ncc[nH]1. The van der Waals surface area contributed by atoms with Crippen LogP contribution in [-0.4, -0.2) is 42.2 Å². The molecule has 0 aromatic carbocycles. The highest BCUT2D eigenvalue weighted by molar-refractivity contribution is 7.89. The normalized spacial score (nSPS) is 11.9. The van der Waals surface area contributed by atoms with Crippen LogP contribution in [0.4, 0.5) is 0 Å². The Morgan fingerprint density at radius 2 is 2.19 bits per heavy atom. The van der Waals surface area contributed by atoms with Crippen molar-refractivity contribution in [2.45, 2.75) is 31.2 Å². The lowest BCUT2D eigenvalue weighted by molar-refractivity contribution is 0.575. The summed E-state index contributed by atoms with van der Waals surface area (Å²) in [6, 6.07) is 0. The number of aryl methyl sites for hydroxylation is 2. The van der Waals surface area contributed by atoms with Gasteiger partial charge in [-0.3, -0.25) is 5.10 Å². The predicted molar refractivity (Wildman–Crippen MR) is 78.2 cm³/mol. The van der Waals surface area contributed by atoms with Crippen LogP contribution in [0.5, 0.6) is 0 Å². The van der Waals surface area contributed by atoms with Crippen LogP contribution >= 0.6 is 0 Å². The summed E-state index contributed by atoms with van der Waals surface area (Å²) >= 11 is 0. The molecule has 2 rings (SSSR count). The first kappa shape index (κ1) is 15.7. The number of rotatable bonds is 8. The van der Waals surface area contributed by atoms with Gasteiger partial charge in [0.15, 0.2) is 0 Å². The van der Waals surface area contributed by atoms with E-state index in [0.717, 1.165) is 5.82 Å². The van der Waals surface area contributed by atoms with Gasteiger partial charge in [0.25, 0.3) is 0 Å². The van der Waals surface area contributed by atoms with Crippen LogP contribution < -0.4 is 10.0 Å². The molecule has 0 fully saturated rings. The van der Waals surface area contributed by atoms with Gasteiger partial charge in [0.2, 0.25) is 10.0 Å². The fourth-order valence-electron chi connectivity index (χ4n) is 2.08. The Bertz CT molecular complexity index is 662. The molecule has 4 N–H and O–H groups in total. The number of nitrogens with zero attached hydrogens (tertiary/aromatic N) is 2. The standard InChI is InChI=1S/C12H20N6O2S/c1-9-12(10(8-13-2)18-17-9)21(19,20)16-5-3-4-11-14-6-7-15-11/h6-7,13,16H,3-5,8H2,1-2H3,(H,14,15)(H,17,18). The van der Waals surface area contributed by atoms with Crippen LogP contribution in [0.1, 0.15) is 23.6 Å². The average molecular weight is 312 g/mol. The lowest BCUT2D eigenvalue weighted by Crippen LogP contribution is -2.27. The van der Waals surface area contributed by atoms with Crippen LogP contribution in [0.3, 0.4) is 0 Å². The third-order valence-electron chi connectivity index (χ3n) is 3.01. The Morgan fingerprint density at radius 1 is 1.38 bits per heavy atom. The molecule has 0 aliphatic heterocycles. The van der Waals surface area contributed by atoms with E-state index in [0.29, 0.717) is 37.3 Å². The summed E-state index contributed by atoms with van der Waals surface area (Å²) in [5, 5.41) is 9.64. The van der Waals surface area contributed by atoms with Crippen molar-refractivity contribution >= 4 is 10.0 Å². The molecule has 0 atom stereocenters. The molecule has 0 aliphatic rings. The Balaban J connectivity index is 1.96. The van der Waals surface area contributed by atoms with E-state index in [2.05, 4.69) is 30.2 Å². The molecule has 9 heteroatoms. The third-order valence-corrected chi connectivity index (χ3v) is 4.67. The summed E-state index contributed by atoms with van der Waals surface area (Å²) in [6.07, 6.45) is 4.80. The number of imidazole rings is 1. The number of nitrogens with one attached hydrogen (secondary N) is 4. The molecule has 0 saturated carbocycles.